The number of aromatic amines is 1. The Morgan fingerprint density at radius 3 is 2.68 bits per heavy atom. The molecular weight excluding hydrogens is 430 g/mol. The molecule has 6 rings (SSSR count). The van der Waals surface area contributed by atoms with Gasteiger partial charge in [-0.05, 0) is 42.2 Å². The molecule has 3 N–H and O–H groups in total. The number of fused-ring (bicyclic) bond motifs is 2. The van der Waals surface area contributed by atoms with Crippen molar-refractivity contribution < 1.29 is 14.6 Å². The molecule has 1 saturated carbocycles. The van der Waals surface area contributed by atoms with Gasteiger partial charge in [-0.3, -0.25) is 9.89 Å². The van der Waals surface area contributed by atoms with Crippen molar-refractivity contribution in [3.05, 3.63) is 47.0 Å². The highest BCUT2D eigenvalue weighted by atomic mass is 16.5. The van der Waals surface area contributed by atoms with Gasteiger partial charge in [0.25, 0.3) is 5.91 Å². The number of hydrogen-bond acceptors (Lipinski definition) is 6. The number of anilines is 2. The summed E-state index contributed by atoms with van der Waals surface area (Å²) in [5.74, 6) is 0.583. The number of hydrogen-bond donors (Lipinski definition) is 3. The van der Waals surface area contributed by atoms with Crippen molar-refractivity contribution in [1.82, 2.24) is 15.1 Å². The standard InChI is InChI=1S/C26H31N5O3/c32-24-14-23-21(25(29-28-23)27-19-4-2-1-3-5-19)13-22(24)26(33)31-15-17-6-7-20(12-18(17)16-31)30-8-10-34-11-9-30/h6-7,12-14,19,32H,1-5,8-11,15-16H2,(H2,27,28,29). The third-order valence-electron chi connectivity index (χ3n) is 7.43. The molecule has 3 heterocycles. The largest absolute Gasteiger partial charge is 0.507 e. The van der Waals surface area contributed by atoms with Gasteiger partial charge < -0.3 is 25.0 Å². The van der Waals surface area contributed by atoms with Gasteiger partial charge in [0.15, 0.2) is 5.82 Å². The predicted octanol–water partition coefficient (Wildman–Crippen LogP) is 4.01. The molecule has 1 saturated heterocycles. The number of H-pyrrole nitrogens is 1. The number of aromatic nitrogens is 2. The number of rotatable bonds is 4. The lowest BCUT2D eigenvalue weighted by Gasteiger charge is -2.29. The van der Waals surface area contributed by atoms with Crippen LogP contribution in [0.4, 0.5) is 11.5 Å². The Morgan fingerprint density at radius 2 is 1.85 bits per heavy atom. The summed E-state index contributed by atoms with van der Waals surface area (Å²) in [5, 5.41) is 22.5. The molecule has 8 heteroatoms. The first-order valence-corrected chi connectivity index (χ1v) is 12.4. The van der Waals surface area contributed by atoms with Gasteiger partial charge >= 0.3 is 0 Å². The number of phenols is 1. The van der Waals surface area contributed by atoms with E-state index in [0.29, 0.717) is 24.7 Å². The van der Waals surface area contributed by atoms with Gasteiger partial charge in [-0.2, -0.15) is 5.10 Å². The SMILES string of the molecule is O=C(c1cc2c(NC3CCCCC3)n[nH]c2cc1O)N1Cc2ccc(N3CCOCC3)cc2C1. The van der Waals surface area contributed by atoms with Crippen molar-refractivity contribution in [2.75, 3.05) is 36.5 Å². The van der Waals surface area contributed by atoms with Gasteiger partial charge in [-0.15, -0.1) is 0 Å². The van der Waals surface area contributed by atoms with E-state index in [1.807, 2.05) is 4.90 Å². The van der Waals surface area contributed by atoms with Crippen LogP contribution >= 0.6 is 0 Å². The maximum atomic E-state index is 13.5. The molecule has 0 spiro atoms. The van der Waals surface area contributed by atoms with Gasteiger partial charge in [-0.1, -0.05) is 25.3 Å². The number of morpholine rings is 1. The second-order valence-corrected chi connectivity index (χ2v) is 9.68. The Bertz CT molecular complexity index is 1210. The van der Waals surface area contributed by atoms with Crippen LogP contribution in [0, 0.1) is 0 Å². The van der Waals surface area contributed by atoms with Crippen LogP contribution in [0.3, 0.4) is 0 Å². The van der Waals surface area contributed by atoms with Gasteiger partial charge in [0.2, 0.25) is 0 Å². The van der Waals surface area contributed by atoms with E-state index in [1.165, 1.54) is 30.5 Å². The Hall–Kier alpha value is -3.26. The minimum Gasteiger partial charge on any atom is -0.507 e. The average molecular weight is 462 g/mol. The Labute approximate surface area is 198 Å². The van der Waals surface area contributed by atoms with Crippen LogP contribution in [-0.4, -0.2) is 58.5 Å². The van der Waals surface area contributed by atoms with Crippen LogP contribution in [0.15, 0.2) is 30.3 Å². The molecule has 0 bridgehead atoms. The van der Waals surface area contributed by atoms with E-state index in [4.69, 9.17) is 4.74 Å². The van der Waals surface area contributed by atoms with Crippen LogP contribution in [0.2, 0.25) is 0 Å². The molecule has 8 nitrogen and oxygen atoms in total. The predicted molar refractivity (Wildman–Crippen MR) is 131 cm³/mol. The number of nitrogens with zero attached hydrogens (tertiary/aromatic N) is 3. The van der Waals surface area contributed by atoms with Gasteiger partial charge in [-0.25, -0.2) is 0 Å². The molecule has 34 heavy (non-hydrogen) atoms. The fraction of sp³-hybridized carbons (Fsp3) is 0.462. The number of amides is 1. The van der Waals surface area contributed by atoms with Gasteiger partial charge in [0.1, 0.15) is 5.75 Å². The molecule has 3 aliphatic rings. The molecule has 0 radical (unpaired) electrons. The Kier molecular flexibility index (Phi) is 5.53. The monoisotopic (exact) mass is 461 g/mol. The molecule has 2 aliphatic heterocycles. The Morgan fingerprint density at radius 1 is 1.06 bits per heavy atom. The maximum absolute atomic E-state index is 13.5. The van der Waals surface area contributed by atoms with Crippen molar-refractivity contribution in [2.45, 2.75) is 51.2 Å². The number of benzene rings is 2. The van der Waals surface area contributed by atoms with Gasteiger partial charge in [0, 0.05) is 49.4 Å². The zero-order chi connectivity index (χ0) is 23.1. The summed E-state index contributed by atoms with van der Waals surface area (Å²) in [4.78, 5) is 17.6. The lowest BCUT2D eigenvalue weighted by atomic mass is 9.95. The lowest BCUT2D eigenvalue weighted by Crippen LogP contribution is -2.36. The number of ether oxygens (including phenoxy) is 1. The van der Waals surface area contributed by atoms with E-state index in [9.17, 15) is 9.90 Å². The van der Waals surface area contributed by atoms with Crippen LogP contribution in [0.25, 0.3) is 10.9 Å². The zero-order valence-electron chi connectivity index (χ0n) is 19.3. The van der Waals surface area contributed by atoms with E-state index in [-0.39, 0.29) is 11.7 Å². The highest BCUT2D eigenvalue weighted by Gasteiger charge is 2.28. The maximum Gasteiger partial charge on any atom is 0.258 e. The van der Waals surface area contributed by atoms with Crippen LogP contribution in [0.1, 0.15) is 53.6 Å². The molecule has 0 atom stereocenters. The number of aromatic hydroxyl groups is 1. The van der Waals surface area contributed by atoms with E-state index in [1.54, 1.807) is 12.1 Å². The number of nitrogens with one attached hydrogen (secondary N) is 2. The molecule has 2 aromatic carbocycles. The van der Waals surface area contributed by atoms with Crippen LogP contribution in [0.5, 0.6) is 5.75 Å². The van der Waals surface area contributed by atoms with Crippen molar-refractivity contribution in [2.24, 2.45) is 0 Å². The van der Waals surface area contributed by atoms with Gasteiger partial charge in [0.05, 0.1) is 24.3 Å². The lowest BCUT2D eigenvalue weighted by molar-refractivity contribution is 0.0748. The first-order valence-electron chi connectivity index (χ1n) is 12.4. The fourth-order valence-corrected chi connectivity index (χ4v) is 5.49. The summed E-state index contributed by atoms with van der Waals surface area (Å²) in [6, 6.07) is 10.3. The third-order valence-corrected chi connectivity index (χ3v) is 7.43. The first-order chi connectivity index (χ1) is 16.7. The minimum atomic E-state index is -0.159. The summed E-state index contributed by atoms with van der Waals surface area (Å²) in [6.07, 6.45) is 6.02. The summed E-state index contributed by atoms with van der Waals surface area (Å²) in [7, 11) is 0. The van der Waals surface area contributed by atoms with Crippen molar-refractivity contribution in [3.8, 4) is 5.75 Å². The summed E-state index contributed by atoms with van der Waals surface area (Å²) in [6.45, 7) is 4.36. The molecule has 1 aliphatic carbocycles. The van der Waals surface area contributed by atoms with Crippen molar-refractivity contribution in [3.63, 3.8) is 0 Å². The topological polar surface area (TPSA) is 93.7 Å². The zero-order valence-corrected chi connectivity index (χ0v) is 19.3. The molecule has 1 amide bonds. The summed E-state index contributed by atoms with van der Waals surface area (Å²) in [5.41, 5.74) is 4.56. The molecule has 1 aromatic heterocycles. The van der Waals surface area contributed by atoms with Crippen LogP contribution in [-0.2, 0) is 17.8 Å². The molecule has 0 unspecified atom stereocenters. The first kappa shape index (κ1) is 21.3. The average Bonchev–Trinajstić information content (AvgIpc) is 3.47. The molecule has 2 fully saturated rings. The smallest absolute Gasteiger partial charge is 0.258 e. The normalized spacial score (nSPS) is 18.9. The number of carbonyl (C=O) groups excluding carboxylic acids is 1. The van der Waals surface area contributed by atoms with Crippen LogP contribution < -0.4 is 10.2 Å². The second-order valence-electron chi connectivity index (χ2n) is 9.68. The molecule has 178 valence electrons. The summed E-state index contributed by atoms with van der Waals surface area (Å²) < 4.78 is 5.47. The van der Waals surface area contributed by atoms with E-state index in [0.717, 1.165) is 61.4 Å². The minimum absolute atomic E-state index is 0.0182. The van der Waals surface area contributed by atoms with Crippen molar-refractivity contribution >= 4 is 28.3 Å². The number of carbonyl (C=O) groups is 1. The van der Waals surface area contributed by atoms with Crippen molar-refractivity contribution in [1.29, 1.82) is 0 Å². The summed E-state index contributed by atoms with van der Waals surface area (Å²) >= 11 is 0. The number of phenolic OH excluding ortho intramolecular Hbond substituents is 1. The molecular formula is C26H31N5O3. The second kappa shape index (κ2) is 8.83. The highest BCUT2D eigenvalue weighted by molar-refractivity contribution is 6.03. The van der Waals surface area contributed by atoms with E-state index >= 15 is 0 Å². The van der Waals surface area contributed by atoms with E-state index < -0.39 is 0 Å². The third kappa shape index (κ3) is 3.96. The van der Waals surface area contributed by atoms with E-state index in [2.05, 4.69) is 38.6 Å². The fourth-order valence-electron chi connectivity index (χ4n) is 5.49. The molecule has 3 aromatic rings. The quantitative estimate of drug-likeness (QED) is 0.544. The Balaban J connectivity index is 1.22. The highest BCUT2D eigenvalue weighted by Crippen LogP contribution is 2.34.